The molecule has 1 amide bonds. The molecule has 0 spiro atoms. The monoisotopic (exact) mass is 317 g/mol. The van der Waals surface area contributed by atoms with Crippen molar-refractivity contribution in [2.75, 3.05) is 13.1 Å². The highest BCUT2D eigenvalue weighted by Crippen LogP contribution is 2.23. The smallest absolute Gasteiger partial charge is 0.222 e. The van der Waals surface area contributed by atoms with Gasteiger partial charge < -0.3 is 4.90 Å². The van der Waals surface area contributed by atoms with Gasteiger partial charge in [-0.05, 0) is 61.6 Å². The molecule has 3 rings (SSSR count). The number of rotatable bonds is 4. The van der Waals surface area contributed by atoms with E-state index in [9.17, 15) is 4.79 Å². The number of hydrogen-bond acceptors (Lipinski definition) is 3. The number of aromatic nitrogens is 2. The van der Waals surface area contributed by atoms with Crippen LogP contribution in [-0.4, -0.2) is 33.7 Å². The van der Waals surface area contributed by atoms with Crippen molar-refractivity contribution >= 4 is 17.2 Å². The number of thiophene rings is 1. The first-order valence-electron chi connectivity index (χ1n) is 7.95. The molecular formula is C17H23N3OS. The van der Waals surface area contributed by atoms with Crippen LogP contribution in [0.1, 0.15) is 42.3 Å². The third-order valence-corrected chi connectivity index (χ3v) is 5.08. The van der Waals surface area contributed by atoms with Gasteiger partial charge in [-0.2, -0.15) is 16.4 Å². The average molecular weight is 317 g/mol. The van der Waals surface area contributed by atoms with Crippen LogP contribution in [-0.2, 0) is 11.2 Å². The molecule has 1 saturated heterocycles. The molecule has 3 heterocycles. The van der Waals surface area contributed by atoms with E-state index in [1.54, 1.807) is 11.3 Å². The van der Waals surface area contributed by atoms with E-state index in [1.165, 1.54) is 11.3 Å². The van der Waals surface area contributed by atoms with Crippen LogP contribution in [0.25, 0.3) is 0 Å². The van der Waals surface area contributed by atoms with Crippen molar-refractivity contribution < 1.29 is 4.79 Å². The number of carbonyl (C=O) groups excluding carboxylic acids is 1. The summed E-state index contributed by atoms with van der Waals surface area (Å²) in [7, 11) is 0. The molecule has 0 radical (unpaired) electrons. The Morgan fingerprint density at radius 3 is 3.00 bits per heavy atom. The molecule has 1 atom stereocenters. The SMILES string of the molecule is Cc1cc(C)n([C@H]2CCCN(C(=O)CCc3ccsc3)C2)n1. The first-order chi connectivity index (χ1) is 10.6. The fourth-order valence-electron chi connectivity index (χ4n) is 3.24. The highest BCUT2D eigenvalue weighted by atomic mass is 32.1. The summed E-state index contributed by atoms with van der Waals surface area (Å²) in [6.07, 6.45) is 3.63. The van der Waals surface area contributed by atoms with E-state index in [1.807, 2.05) is 11.8 Å². The van der Waals surface area contributed by atoms with Crippen LogP contribution in [0.4, 0.5) is 0 Å². The van der Waals surface area contributed by atoms with Gasteiger partial charge in [0.15, 0.2) is 0 Å². The second-order valence-corrected chi connectivity index (χ2v) is 6.92. The largest absolute Gasteiger partial charge is 0.341 e. The third-order valence-electron chi connectivity index (χ3n) is 4.35. The zero-order valence-electron chi connectivity index (χ0n) is 13.3. The van der Waals surface area contributed by atoms with Crippen LogP contribution in [0, 0.1) is 13.8 Å². The van der Waals surface area contributed by atoms with Crippen LogP contribution in [0.5, 0.6) is 0 Å². The molecular weight excluding hydrogens is 294 g/mol. The Labute approximate surface area is 135 Å². The number of nitrogens with zero attached hydrogens (tertiary/aromatic N) is 3. The first-order valence-corrected chi connectivity index (χ1v) is 8.89. The predicted molar refractivity (Wildman–Crippen MR) is 89.2 cm³/mol. The van der Waals surface area contributed by atoms with Crippen LogP contribution >= 0.6 is 11.3 Å². The minimum atomic E-state index is 0.275. The number of aryl methyl sites for hydroxylation is 3. The van der Waals surface area contributed by atoms with Gasteiger partial charge in [0.05, 0.1) is 11.7 Å². The summed E-state index contributed by atoms with van der Waals surface area (Å²) in [4.78, 5) is 14.5. The van der Waals surface area contributed by atoms with Crippen molar-refractivity contribution in [2.45, 2.75) is 45.6 Å². The van der Waals surface area contributed by atoms with Gasteiger partial charge in [-0.3, -0.25) is 9.48 Å². The van der Waals surface area contributed by atoms with Gasteiger partial charge in [-0.25, -0.2) is 0 Å². The molecule has 0 unspecified atom stereocenters. The van der Waals surface area contributed by atoms with Gasteiger partial charge in [0.25, 0.3) is 0 Å². The Kier molecular flexibility index (Phi) is 4.62. The molecule has 0 N–H and O–H groups in total. The molecule has 1 aliphatic heterocycles. The highest BCUT2D eigenvalue weighted by Gasteiger charge is 2.25. The van der Waals surface area contributed by atoms with Crippen LogP contribution in [0.2, 0.25) is 0 Å². The Hall–Kier alpha value is -1.62. The summed E-state index contributed by atoms with van der Waals surface area (Å²) in [5.41, 5.74) is 3.51. The second-order valence-electron chi connectivity index (χ2n) is 6.14. The molecule has 118 valence electrons. The van der Waals surface area contributed by atoms with E-state index in [2.05, 4.69) is 39.6 Å². The van der Waals surface area contributed by atoms with Crippen LogP contribution in [0.15, 0.2) is 22.9 Å². The standard InChI is InChI=1S/C17H23N3OS/c1-13-10-14(2)20(18-13)16-4-3-8-19(11-16)17(21)6-5-15-7-9-22-12-15/h7,9-10,12,16H,3-6,8,11H2,1-2H3/t16-/m0/s1. The highest BCUT2D eigenvalue weighted by molar-refractivity contribution is 7.07. The number of hydrogen-bond donors (Lipinski definition) is 0. The number of carbonyl (C=O) groups is 1. The van der Waals surface area contributed by atoms with Crippen LogP contribution < -0.4 is 0 Å². The van der Waals surface area contributed by atoms with Gasteiger partial charge in [0, 0.05) is 25.2 Å². The van der Waals surface area contributed by atoms with Gasteiger partial charge >= 0.3 is 0 Å². The minimum absolute atomic E-state index is 0.275. The van der Waals surface area contributed by atoms with Gasteiger partial charge in [-0.1, -0.05) is 0 Å². The Balaban J connectivity index is 1.60. The van der Waals surface area contributed by atoms with Crippen LogP contribution in [0.3, 0.4) is 0 Å². The van der Waals surface area contributed by atoms with Crippen molar-refractivity contribution in [3.8, 4) is 0 Å². The number of likely N-dealkylation sites (tertiary alicyclic amines) is 1. The van der Waals surface area contributed by atoms with Gasteiger partial charge in [-0.15, -0.1) is 0 Å². The lowest BCUT2D eigenvalue weighted by Gasteiger charge is -2.33. The molecule has 22 heavy (non-hydrogen) atoms. The van der Waals surface area contributed by atoms with Gasteiger partial charge in [0.2, 0.25) is 5.91 Å². The maximum absolute atomic E-state index is 12.5. The first kappa shape index (κ1) is 15.3. The maximum Gasteiger partial charge on any atom is 0.222 e. The van der Waals surface area contributed by atoms with Crippen molar-refractivity contribution in [1.29, 1.82) is 0 Å². The van der Waals surface area contributed by atoms with E-state index in [4.69, 9.17) is 0 Å². The van der Waals surface area contributed by atoms with Crippen molar-refractivity contribution in [3.05, 3.63) is 39.8 Å². The van der Waals surface area contributed by atoms with E-state index in [-0.39, 0.29) is 5.91 Å². The lowest BCUT2D eigenvalue weighted by Crippen LogP contribution is -2.41. The molecule has 0 aliphatic carbocycles. The fraction of sp³-hybridized carbons (Fsp3) is 0.529. The average Bonchev–Trinajstić information content (AvgIpc) is 3.14. The lowest BCUT2D eigenvalue weighted by atomic mass is 10.0. The molecule has 2 aromatic heterocycles. The fourth-order valence-corrected chi connectivity index (χ4v) is 3.94. The Morgan fingerprint density at radius 2 is 2.32 bits per heavy atom. The Bertz CT molecular complexity index is 632. The summed E-state index contributed by atoms with van der Waals surface area (Å²) in [6, 6.07) is 4.54. The number of piperidine rings is 1. The second kappa shape index (κ2) is 6.65. The van der Waals surface area contributed by atoms with Crippen molar-refractivity contribution in [1.82, 2.24) is 14.7 Å². The molecule has 1 aliphatic rings. The maximum atomic E-state index is 12.5. The van der Waals surface area contributed by atoms with E-state index in [0.29, 0.717) is 12.5 Å². The normalized spacial score (nSPS) is 18.6. The summed E-state index contributed by atoms with van der Waals surface area (Å²) < 4.78 is 2.10. The Morgan fingerprint density at radius 1 is 1.45 bits per heavy atom. The summed E-state index contributed by atoms with van der Waals surface area (Å²) in [5, 5.41) is 8.79. The molecule has 2 aromatic rings. The molecule has 5 heteroatoms. The summed E-state index contributed by atoms with van der Waals surface area (Å²) in [5.74, 6) is 0.275. The predicted octanol–water partition coefficient (Wildman–Crippen LogP) is 3.36. The van der Waals surface area contributed by atoms with E-state index >= 15 is 0 Å². The summed E-state index contributed by atoms with van der Waals surface area (Å²) in [6.45, 7) is 5.80. The zero-order valence-corrected chi connectivity index (χ0v) is 14.1. The molecule has 0 saturated carbocycles. The molecule has 0 aromatic carbocycles. The van der Waals surface area contributed by atoms with Crippen molar-refractivity contribution in [2.24, 2.45) is 0 Å². The topological polar surface area (TPSA) is 38.1 Å². The zero-order chi connectivity index (χ0) is 15.5. The third kappa shape index (κ3) is 3.40. The molecule has 4 nitrogen and oxygen atoms in total. The minimum Gasteiger partial charge on any atom is -0.341 e. The molecule has 0 bridgehead atoms. The van der Waals surface area contributed by atoms with E-state index in [0.717, 1.165) is 38.0 Å². The van der Waals surface area contributed by atoms with Crippen molar-refractivity contribution in [3.63, 3.8) is 0 Å². The summed E-state index contributed by atoms with van der Waals surface area (Å²) >= 11 is 1.69. The molecule has 1 fully saturated rings. The van der Waals surface area contributed by atoms with Gasteiger partial charge in [0.1, 0.15) is 0 Å². The lowest BCUT2D eigenvalue weighted by molar-refractivity contribution is -0.132. The quantitative estimate of drug-likeness (QED) is 0.867. The number of amides is 1. The van der Waals surface area contributed by atoms with E-state index < -0.39 is 0 Å².